The molecular formula is C35H72. The molecule has 0 N–H and O–H groups in total. The SMILES string of the molecule is CCCCCCCCCC(CCCCCCC)C(C)C(CCCCCCC)CCCCCCCC. The van der Waals surface area contributed by atoms with Crippen LogP contribution in [0.2, 0.25) is 0 Å². The number of hydrogen-bond donors (Lipinski definition) is 0. The predicted octanol–water partition coefficient (Wildman–Crippen LogP) is 13.5. The Balaban J connectivity index is 4.77. The van der Waals surface area contributed by atoms with E-state index in [4.69, 9.17) is 0 Å². The standard InChI is InChI=1S/C35H72/c1-6-10-14-18-20-24-28-32-35(30-26-22-17-13-9-4)33(5)34(29-25-21-16-12-8-3)31-27-23-19-15-11-7-2/h33-35H,6-32H2,1-5H3. The fourth-order valence-electron chi connectivity index (χ4n) is 6.30. The summed E-state index contributed by atoms with van der Waals surface area (Å²) < 4.78 is 0. The van der Waals surface area contributed by atoms with Gasteiger partial charge in [-0.15, -0.1) is 0 Å². The van der Waals surface area contributed by atoms with Gasteiger partial charge in [0.25, 0.3) is 0 Å². The molecular weight excluding hydrogens is 420 g/mol. The van der Waals surface area contributed by atoms with Gasteiger partial charge in [0.05, 0.1) is 0 Å². The Labute approximate surface area is 225 Å². The smallest absolute Gasteiger partial charge is 0.0386 e. The van der Waals surface area contributed by atoms with E-state index < -0.39 is 0 Å². The summed E-state index contributed by atoms with van der Waals surface area (Å²) in [7, 11) is 0. The number of unbranched alkanes of at least 4 members (excludes halogenated alkanes) is 19. The zero-order chi connectivity index (χ0) is 25.8. The second-order valence-electron chi connectivity index (χ2n) is 12.3. The van der Waals surface area contributed by atoms with Gasteiger partial charge in [-0.2, -0.15) is 0 Å². The molecule has 0 aromatic carbocycles. The number of hydrogen-bond acceptors (Lipinski definition) is 0. The first-order valence-electron chi connectivity index (χ1n) is 17.2. The zero-order valence-electron chi connectivity index (χ0n) is 25.8. The third kappa shape index (κ3) is 22.9. The van der Waals surface area contributed by atoms with E-state index in [0.29, 0.717) is 0 Å². The highest BCUT2D eigenvalue weighted by Gasteiger charge is 2.24. The molecule has 0 bridgehead atoms. The summed E-state index contributed by atoms with van der Waals surface area (Å²) in [6.07, 6.45) is 39.5. The highest BCUT2D eigenvalue weighted by molar-refractivity contribution is 4.75. The van der Waals surface area contributed by atoms with Gasteiger partial charge in [-0.25, -0.2) is 0 Å². The summed E-state index contributed by atoms with van der Waals surface area (Å²) in [5, 5.41) is 0. The lowest BCUT2D eigenvalue weighted by Crippen LogP contribution is -2.22. The topological polar surface area (TPSA) is 0 Å². The molecule has 0 rings (SSSR count). The quantitative estimate of drug-likeness (QED) is 0.0910. The Morgan fingerprint density at radius 3 is 0.714 bits per heavy atom. The van der Waals surface area contributed by atoms with Crippen LogP contribution in [0.5, 0.6) is 0 Å². The molecule has 0 saturated heterocycles. The van der Waals surface area contributed by atoms with Crippen molar-refractivity contribution >= 4 is 0 Å². The van der Waals surface area contributed by atoms with Crippen molar-refractivity contribution in [1.82, 2.24) is 0 Å². The van der Waals surface area contributed by atoms with Crippen LogP contribution in [0.4, 0.5) is 0 Å². The second kappa shape index (κ2) is 28.6. The van der Waals surface area contributed by atoms with Crippen molar-refractivity contribution in [3.8, 4) is 0 Å². The Kier molecular flexibility index (Phi) is 28.6. The van der Waals surface area contributed by atoms with E-state index in [1.807, 2.05) is 0 Å². The molecule has 0 nitrogen and oxygen atoms in total. The lowest BCUT2D eigenvalue weighted by atomic mass is 9.74. The van der Waals surface area contributed by atoms with Gasteiger partial charge in [-0.05, 0) is 17.8 Å². The Morgan fingerprint density at radius 1 is 0.286 bits per heavy atom. The fraction of sp³-hybridized carbons (Fsp3) is 1.00. The van der Waals surface area contributed by atoms with Gasteiger partial charge < -0.3 is 0 Å². The van der Waals surface area contributed by atoms with Crippen LogP contribution < -0.4 is 0 Å². The average molecular weight is 493 g/mol. The lowest BCUT2D eigenvalue weighted by Gasteiger charge is -2.32. The molecule has 3 unspecified atom stereocenters. The highest BCUT2D eigenvalue weighted by Crippen LogP contribution is 2.36. The minimum absolute atomic E-state index is 0.947. The summed E-state index contributed by atoms with van der Waals surface area (Å²) in [5.41, 5.74) is 0. The van der Waals surface area contributed by atoms with Crippen LogP contribution in [-0.2, 0) is 0 Å². The van der Waals surface area contributed by atoms with Crippen LogP contribution in [0.3, 0.4) is 0 Å². The minimum atomic E-state index is 0.947. The third-order valence-corrected chi connectivity index (χ3v) is 8.95. The van der Waals surface area contributed by atoms with Crippen LogP contribution in [0.25, 0.3) is 0 Å². The van der Waals surface area contributed by atoms with Crippen molar-refractivity contribution in [3.63, 3.8) is 0 Å². The van der Waals surface area contributed by atoms with Gasteiger partial charge in [0.1, 0.15) is 0 Å². The summed E-state index contributed by atoms with van der Waals surface area (Å²) >= 11 is 0. The molecule has 0 saturated carbocycles. The van der Waals surface area contributed by atoms with Crippen molar-refractivity contribution in [2.75, 3.05) is 0 Å². The van der Waals surface area contributed by atoms with Crippen molar-refractivity contribution < 1.29 is 0 Å². The lowest BCUT2D eigenvalue weighted by molar-refractivity contribution is 0.187. The van der Waals surface area contributed by atoms with E-state index in [0.717, 1.165) is 17.8 Å². The van der Waals surface area contributed by atoms with E-state index in [1.54, 1.807) is 0 Å². The summed E-state index contributed by atoms with van der Waals surface area (Å²) in [5.74, 6) is 2.93. The van der Waals surface area contributed by atoms with Crippen LogP contribution in [0, 0.1) is 17.8 Å². The third-order valence-electron chi connectivity index (χ3n) is 8.95. The molecule has 3 atom stereocenters. The van der Waals surface area contributed by atoms with E-state index in [9.17, 15) is 0 Å². The maximum absolute atomic E-state index is 2.69. The first-order valence-corrected chi connectivity index (χ1v) is 17.2. The monoisotopic (exact) mass is 493 g/mol. The largest absolute Gasteiger partial charge is 0.0654 e. The normalized spacial score (nSPS) is 14.3. The maximum Gasteiger partial charge on any atom is -0.0386 e. The fourth-order valence-corrected chi connectivity index (χ4v) is 6.30. The van der Waals surface area contributed by atoms with Crippen molar-refractivity contribution in [3.05, 3.63) is 0 Å². The van der Waals surface area contributed by atoms with Gasteiger partial charge in [-0.1, -0.05) is 208 Å². The minimum Gasteiger partial charge on any atom is -0.0654 e. The van der Waals surface area contributed by atoms with Gasteiger partial charge in [-0.3, -0.25) is 0 Å². The predicted molar refractivity (Wildman–Crippen MR) is 163 cm³/mol. The van der Waals surface area contributed by atoms with Gasteiger partial charge in [0.15, 0.2) is 0 Å². The van der Waals surface area contributed by atoms with E-state index in [-0.39, 0.29) is 0 Å². The first-order chi connectivity index (χ1) is 17.2. The average Bonchev–Trinajstić information content (AvgIpc) is 2.87. The molecule has 35 heavy (non-hydrogen) atoms. The Hall–Kier alpha value is 0. The molecule has 0 spiro atoms. The molecule has 0 aromatic heterocycles. The molecule has 0 heterocycles. The van der Waals surface area contributed by atoms with Crippen LogP contribution in [0.15, 0.2) is 0 Å². The Bertz CT molecular complexity index is 372. The van der Waals surface area contributed by atoms with Gasteiger partial charge >= 0.3 is 0 Å². The summed E-state index contributed by atoms with van der Waals surface area (Å²) in [6.45, 7) is 12.0. The summed E-state index contributed by atoms with van der Waals surface area (Å²) in [4.78, 5) is 0. The van der Waals surface area contributed by atoms with Crippen molar-refractivity contribution in [2.45, 2.75) is 208 Å². The zero-order valence-corrected chi connectivity index (χ0v) is 25.8. The molecule has 212 valence electrons. The molecule has 0 amide bonds. The molecule has 0 radical (unpaired) electrons. The maximum atomic E-state index is 2.69. The van der Waals surface area contributed by atoms with Crippen LogP contribution in [0.1, 0.15) is 208 Å². The summed E-state index contributed by atoms with van der Waals surface area (Å²) in [6, 6.07) is 0. The van der Waals surface area contributed by atoms with Crippen LogP contribution in [-0.4, -0.2) is 0 Å². The van der Waals surface area contributed by atoms with Gasteiger partial charge in [0.2, 0.25) is 0 Å². The van der Waals surface area contributed by atoms with Crippen molar-refractivity contribution in [2.24, 2.45) is 17.8 Å². The second-order valence-corrected chi connectivity index (χ2v) is 12.3. The molecule has 0 heteroatoms. The van der Waals surface area contributed by atoms with Crippen molar-refractivity contribution in [1.29, 1.82) is 0 Å². The van der Waals surface area contributed by atoms with E-state index in [2.05, 4.69) is 34.6 Å². The molecule has 0 aliphatic rings. The molecule has 0 aromatic rings. The molecule has 0 fully saturated rings. The number of rotatable bonds is 29. The van der Waals surface area contributed by atoms with Crippen LogP contribution >= 0.6 is 0 Å². The van der Waals surface area contributed by atoms with E-state index >= 15 is 0 Å². The molecule has 0 aliphatic carbocycles. The first kappa shape index (κ1) is 35.0. The molecule has 0 aliphatic heterocycles. The Morgan fingerprint density at radius 2 is 0.486 bits per heavy atom. The van der Waals surface area contributed by atoms with Gasteiger partial charge in [0, 0.05) is 0 Å². The van der Waals surface area contributed by atoms with E-state index in [1.165, 1.54) is 173 Å². The highest BCUT2D eigenvalue weighted by atomic mass is 14.3.